The van der Waals surface area contributed by atoms with Gasteiger partial charge in [-0.15, -0.1) is 0 Å². The normalized spacial score (nSPS) is 26.1. The zero-order valence-corrected chi connectivity index (χ0v) is 14.6. The largest absolute Gasteiger partial charge is 0.301 e. The van der Waals surface area contributed by atoms with E-state index < -0.39 is 9.04 Å². The molecule has 2 rings (SSSR count). The summed E-state index contributed by atoms with van der Waals surface area (Å²) in [6.45, 7) is 0. The van der Waals surface area contributed by atoms with Crippen LogP contribution in [0.2, 0.25) is 11.1 Å². The van der Waals surface area contributed by atoms with Crippen LogP contribution in [-0.4, -0.2) is 9.04 Å². The molecule has 0 N–H and O–H groups in total. The minimum Gasteiger partial charge on any atom is -0.301 e. The van der Waals surface area contributed by atoms with Crippen LogP contribution in [0.3, 0.4) is 0 Å². The SMILES string of the molecule is [O][SiH](C1CCCCCCCC1)C1CCCCCCCC1. The molecule has 1 radical (unpaired) electrons. The number of hydrogen-bond donors (Lipinski definition) is 0. The van der Waals surface area contributed by atoms with E-state index in [9.17, 15) is 4.80 Å². The summed E-state index contributed by atoms with van der Waals surface area (Å²) in [7, 11) is -1.75. The first kappa shape index (κ1) is 16.5. The van der Waals surface area contributed by atoms with E-state index in [4.69, 9.17) is 0 Å². The highest BCUT2D eigenvalue weighted by Crippen LogP contribution is 2.37. The smallest absolute Gasteiger partial charge is 0.228 e. The van der Waals surface area contributed by atoms with Gasteiger partial charge < -0.3 is 4.80 Å². The molecule has 2 saturated carbocycles. The monoisotopic (exact) mass is 295 g/mol. The minimum atomic E-state index is -1.75. The molecule has 0 heterocycles. The lowest BCUT2D eigenvalue weighted by Crippen LogP contribution is -2.26. The Bertz CT molecular complexity index is 200. The van der Waals surface area contributed by atoms with Crippen LogP contribution < -0.4 is 0 Å². The summed E-state index contributed by atoms with van der Waals surface area (Å²) in [6.07, 6.45) is 21.8. The van der Waals surface area contributed by atoms with E-state index >= 15 is 0 Å². The van der Waals surface area contributed by atoms with E-state index in [0.717, 1.165) is 0 Å². The maximum atomic E-state index is 13.1. The molecule has 0 aliphatic heterocycles. The van der Waals surface area contributed by atoms with Crippen molar-refractivity contribution in [3.8, 4) is 0 Å². The fourth-order valence-electron chi connectivity index (χ4n) is 4.37. The maximum Gasteiger partial charge on any atom is 0.228 e. The van der Waals surface area contributed by atoms with E-state index in [-0.39, 0.29) is 0 Å². The van der Waals surface area contributed by atoms with E-state index in [1.54, 1.807) is 0 Å². The Morgan fingerprint density at radius 2 is 0.700 bits per heavy atom. The van der Waals surface area contributed by atoms with Gasteiger partial charge in [0.05, 0.1) is 0 Å². The third-order valence-corrected chi connectivity index (χ3v) is 8.92. The zero-order valence-electron chi connectivity index (χ0n) is 13.5. The quantitative estimate of drug-likeness (QED) is 0.544. The Morgan fingerprint density at radius 3 is 1.00 bits per heavy atom. The van der Waals surface area contributed by atoms with Gasteiger partial charge in [-0.3, -0.25) is 0 Å². The molecular weight excluding hydrogens is 260 g/mol. The van der Waals surface area contributed by atoms with Crippen LogP contribution in [-0.2, 0) is 4.80 Å². The van der Waals surface area contributed by atoms with Crippen molar-refractivity contribution < 1.29 is 4.80 Å². The maximum absolute atomic E-state index is 13.1. The molecule has 1 nitrogen and oxygen atoms in total. The predicted molar refractivity (Wildman–Crippen MR) is 89.2 cm³/mol. The van der Waals surface area contributed by atoms with Crippen LogP contribution in [0.5, 0.6) is 0 Å². The van der Waals surface area contributed by atoms with Gasteiger partial charge in [0, 0.05) is 0 Å². The van der Waals surface area contributed by atoms with Crippen LogP contribution >= 0.6 is 0 Å². The molecular formula is C18H35OSi. The summed E-state index contributed by atoms with van der Waals surface area (Å²) < 4.78 is 0. The Hall–Kier alpha value is 0.177. The Labute approximate surface area is 128 Å². The van der Waals surface area contributed by atoms with Crippen LogP contribution in [0.25, 0.3) is 0 Å². The van der Waals surface area contributed by atoms with Crippen molar-refractivity contribution in [3.05, 3.63) is 0 Å². The highest BCUT2D eigenvalue weighted by atomic mass is 28.3. The Kier molecular flexibility index (Phi) is 8.27. The molecule has 2 fully saturated rings. The Balaban J connectivity index is 1.85. The first-order valence-electron chi connectivity index (χ1n) is 9.54. The number of hydrogen-bond acceptors (Lipinski definition) is 0. The second-order valence-corrected chi connectivity index (χ2v) is 10.2. The lowest BCUT2D eigenvalue weighted by atomic mass is 10.1. The highest BCUT2D eigenvalue weighted by Gasteiger charge is 2.31. The molecule has 2 aliphatic rings. The van der Waals surface area contributed by atoms with Gasteiger partial charge in [-0.2, -0.15) is 0 Å². The van der Waals surface area contributed by atoms with Crippen LogP contribution in [0.4, 0.5) is 0 Å². The van der Waals surface area contributed by atoms with Gasteiger partial charge in [0.15, 0.2) is 0 Å². The second kappa shape index (κ2) is 10.00. The van der Waals surface area contributed by atoms with Crippen molar-refractivity contribution in [2.75, 3.05) is 0 Å². The van der Waals surface area contributed by atoms with Gasteiger partial charge in [-0.25, -0.2) is 0 Å². The summed E-state index contributed by atoms with van der Waals surface area (Å²) in [5.74, 6) is 0. The van der Waals surface area contributed by atoms with E-state index in [2.05, 4.69) is 0 Å². The van der Waals surface area contributed by atoms with Crippen molar-refractivity contribution in [1.82, 2.24) is 0 Å². The van der Waals surface area contributed by atoms with Gasteiger partial charge in [0.2, 0.25) is 9.04 Å². The van der Waals surface area contributed by atoms with E-state index in [1.807, 2.05) is 0 Å². The molecule has 0 spiro atoms. The summed E-state index contributed by atoms with van der Waals surface area (Å²) in [4.78, 5) is 13.1. The number of rotatable bonds is 2. The molecule has 0 amide bonds. The zero-order chi connectivity index (χ0) is 14.0. The molecule has 0 saturated heterocycles. The molecule has 0 aromatic carbocycles. The van der Waals surface area contributed by atoms with Crippen molar-refractivity contribution in [3.63, 3.8) is 0 Å². The lowest BCUT2D eigenvalue weighted by Gasteiger charge is -2.26. The summed E-state index contributed by atoms with van der Waals surface area (Å²) in [5.41, 5.74) is 1.28. The molecule has 0 aromatic rings. The van der Waals surface area contributed by atoms with E-state index in [1.165, 1.54) is 103 Å². The third kappa shape index (κ3) is 5.89. The predicted octanol–water partition coefficient (Wildman–Crippen LogP) is 6.15. The molecule has 0 unspecified atom stereocenters. The first-order valence-corrected chi connectivity index (χ1v) is 11.3. The topological polar surface area (TPSA) is 19.9 Å². The molecule has 20 heavy (non-hydrogen) atoms. The van der Waals surface area contributed by atoms with Gasteiger partial charge in [-0.05, 0) is 11.1 Å². The van der Waals surface area contributed by atoms with Crippen LogP contribution in [0, 0.1) is 0 Å². The van der Waals surface area contributed by atoms with Crippen LogP contribution in [0.15, 0.2) is 0 Å². The second-order valence-electron chi connectivity index (χ2n) is 7.38. The highest BCUT2D eigenvalue weighted by molar-refractivity contribution is 6.53. The molecule has 0 aromatic heterocycles. The molecule has 2 aliphatic carbocycles. The third-order valence-electron chi connectivity index (χ3n) is 5.73. The fourth-order valence-corrected chi connectivity index (χ4v) is 7.40. The van der Waals surface area contributed by atoms with Crippen molar-refractivity contribution >= 4 is 9.04 Å². The average molecular weight is 296 g/mol. The van der Waals surface area contributed by atoms with Gasteiger partial charge in [0.1, 0.15) is 0 Å². The van der Waals surface area contributed by atoms with Crippen LogP contribution in [0.1, 0.15) is 103 Å². The van der Waals surface area contributed by atoms with Crippen molar-refractivity contribution in [2.45, 2.75) is 114 Å². The van der Waals surface area contributed by atoms with E-state index in [0.29, 0.717) is 11.1 Å². The van der Waals surface area contributed by atoms with Gasteiger partial charge in [-0.1, -0.05) is 103 Å². The summed E-state index contributed by atoms with van der Waals surface area (Å²) >= 11 is 0. The van der Waals surface area contributed by atoms with Gasteiger partial charge >= 0.3 is 0 Å². The van der Waals surface area contributed by atoms with Crippen molar-refractivity contribution in [1.29, 1.82) is 0 Å². The summed E-state index contributed by atoms with van der Waals surface area (Å²) in [5, 5.41) is 0. The molecule has 0 atom stereocenters. The molecule has 2 heteroatoms. The molecule has 117 valence electrons. The average Bonchev–Trinajstić information content (AvgIpc) is 2.69. The minimum absolute atomic E-state index is 0.638. The molecule has 0 bridgehead atoms. The van der Waals surface area contributed by atoms with Gasteiger partial charge in [0.25, 0.3) is 0 Å². The first-order chi connectivity index (χ1) is 9.88. The van der Waals surface area contributed by atoms with Crippen molar-refractivity contribution in [2.24, 2.45) is 0 Å². The lowest BCUT2D eigenvalue weighted by molar-refractivity contribution is 0.383. The summed E-state index contributed by atoms with van der Waals surface area (Å²) in [6, 6.07) is 0. The standard InChI is InChI=1S/C18H35OSi/c19-20(17-13-9-5-1-2-6-10-14-17)18-15-11-7-3-4-8-12-16-18/h17-18,20H,1-16H2. The Morgan fingerprint density at radius 1 is 0.450 bits per heavy atom. The fraction of sp³-hybridized carbons (Fsp3) is 1.00.